The number of para-hydroxylation sites is 1. The zero-order valence-electron chi connectivity index (χ0n) is 10.3. The fourth-order valence-corrected chi connectivity index (χ4v) is 2.98. The molecule has 0 unspecified atom stereocenters. The molecule has 94 valence electrons. The maximum atomic E-state index is 5.65. The molecule has 18 heavy (non-hydrogen) atoms. The van der Waals surface area contributed by atoms with Gasteiger partial charge in [0.1, 0.15) is 10.7 Å². The van der Waals surface area contributed by atoms with Gasteiger partial charge in [0.05, 0.1) is 22.7 Å². The Hall–Kier alpha value is -1.46. The van der Waals surface area contributed by atoms with E-state index in [9.17, 15) is 0 Å². The highest BCUT2D eigenvalue weighted by Crippen LogP contribution is 2.25. The first-order chi connectivity index (χ1) is 8.61. The van der Waals surface area contributed by atoms with Gasteiger partial charge in [0.2, 0.25) is 0 Å². The number of rotatable bonds is 4. The lowest BCUT2D eigenvalue weighted by Crippen LogP contribution is -2.08. The van der Waals surface area contributed by atoms with Crippen molar-refractivity contribution in [2.75, 3.05) is 7.11 Å². The summed E-state index contributed by atoms with van der Waals surface area (Å²) < 4.78 is 5.33. The van der Waals surface area contributed by atoms with E-state index in [1.807, 2.05) is 31.2 Å². The third kappa shape index (κ3) is 2.68. The number of thiocarbonyl (C=S) groups is 1. The zero-order valence-corrected chi connectivity index (χ0v) is 11.9. The van der Waals surface area contributed by atoms with Crippen LogP contribution in [0.2, 0.25) is 0 Å². The molecule has 0 saturated carbocycles. The number of aryl methyl sites for hydroxylation is 1. The Bertz CT molecular complexity index is 578. The Morgan fingerprint density at radius 3 is 2.78 bits per heavy atom. The number of nitrogens with two attached hydrogens (primary N) is 1. The number of benzene rings is 1. The van der Waals surface area contributed by atoms with Gasteiger partial charge in [-0.2, -0.15) is 0 Å². The fraction of sp³-hybridized carbons (Fsp3) is 0.231. The SMILES string of the molecule is COc1ccccc1Cc1nc(C)c(C(N)=S)s1. The van der Waals surface area contributed by atoms with E-state index in [-0.39, 0.29) is 0 Å². The maximum absolute atomic E-state index is 5.65. The van der Waals surface area contributed by atoms with Gasteiger partial charge in [0.15, 0.2) is 0 Å². The minimum atomic E-state index is 0.413. The number of hydrogen-bond acceptors (Lipinski definition) is 4. The second-order valence-corrected chi connectivity index (χ2v) is 5.40. The van der Waals surface area contributed by atoms with Crippen molar-refractivity contribution < 1.29 is 4.74 Å². The number of ether oxygens (including phenoxy) is 1. The number of aromatic nitrogens is 1. The molecule has 0 spiro atoms. The van der Waals surface area contributed by atoms with Crippen LogP contribution in [0.5, 0.6) is 5.75 Å². The van der Waals surface area contributed by atoms with Crippen LogP contribution in [0.4, 0.5) is 0 Å². The average Bonchev–Trinajstić information content (AvgIpc) is 2.71. The molecule has 5 heteroatoms. The van der Waals surface area contributed by atoms with Crippen LogP contribution in [-0.4, -0.2) is 17.1 Å². The van der Waals surface area contributed by atoms with Crippen LogP contribution in [0, 0.1) is 6.92 Å². The van der Waals surface area contributed by atoms with E-state index < -0.39 is 0 Å². The predicted molar refractivity (Wildman–Crippen MR) is 78.5 cm³/mol. The lowest BCUT2D eigenvalue weighted by molar-refractivity contribution is 0.410. The van der Waals surface area contributed by atoms with Gasteiger partial charge in [-0.25, -0.2) is 4.98 Å². The molecule has 0 radical (unpaired) electrons. The molecule has 2 aromatic rings. The highest BCUT2D eigenvalue weighted by Gasteiger charge is 2.11. The lowest BCUT2D eigenvalue weighted by Gasteiger charge is -2.05. The lowest BCUT2D eigenvalue weighted by atomic mass is 10.1. The fourth-order valence-electron chi connectivity index (χ4n) is 1.77. The Morgan fingerprint density at radius 1 is 1.44 bits per heavy atom. The summed E-state index contributed by atoms with van der Waals surface area (Å²) in [5.74, 6) is 0.877. The van der Waals surface area contributed by atoms with E-state index in [2.05, 4.69) is 4.98 Å². The third-order valence-electron chi connectivity index (χ3n) is 2.60. The van der Waals surface area contributed by atoms with Crippen LogP contribution < -0.4 is 10.5 Å². The molecule has 1 heterocycles. The molecule has 0 atom stereocenters. The second kappa shape index (κ2) is 5.46. The van der Waals surface area contributed by atoms with Crippen LogP contribution in [0.3, 0.4) is 0 Å². The zero-order chi connectivity index (χ0) is 13.1. The van der Waals surface area contributed by atoms with E-state index in [1.54, 1.807) is 18.4 Å². The topological polar surface area (TPSA) is 48.1 Å². The first-order valence-corrected chi connectivity index (χ1v) is 6.72. The van der Waals surface area contributed by atoms with Crippen molar-refractivity contribution in [2.24, 2.45) is 5.73 Å². The molecule has 2 rings (SSSR count). The molecule has 0 amide bonds. The minimum Gasteiger partial charge on any atom is -0.496 e. The minimum absolute atomic E-state index is 0.413. The summed E-state index contributed by atoms with van der Waals surface area (Å²) in [6.07, 6.45) is 0.734. The van der Waals surface area contributed by atoms with Gasteiger partial charge >= 0.3 is 0 Å². The van der Waals surface area contributed by atoms with Crippen LogP contribution in [0.15, 0.2) is 24.3 Å². The van der Waals surface area contributed by atoms with Crippen molar-refractivity contribution in [1.82, 2.24) is 4.98 Å². The van der Waals surface area contributed by atoms with Gasteiger partial charge in [-0.3, -0.25) is 0 Å². The monoisotopic (exact) mass is 278 g/mol. The summed E-state index contributed by atoms with van der Waals surface area (Å²) in [6, 6.07) is 7.93. The highest BCUT2D eigenvalue weighted by atomic mass is 32.1. The van der Waals surface area contributed by atoms with Crippen molar-refractivity contribution in [3.05, 3.63) is 45.4 Å². The summed E-state index contributed by atoms with van der Waals surface area (Å²) >= 11 is 6.55. The average molecular weight is 278 g/mol. The quantitative estimate of drug-likeness (QED) is 0.874. The van der Waals surface area contributed by atoms with Gasteiger partial charge in [-0.05, 0) is 13.0 Å². The van der Waals surface area contributed by atoms with Crippen molar-refractivity contribution in [3.8, 4) is 5.75 Å². The molecular formula is C13H14N2OS2. The van der Waals surface area contributed by atoms with Gasteiger partial charge in [0, 0.05) is 12.0 Å². The number of hydrogen-bond donors (Lipinski definition) is 1. The van der Waals surface area contributed by atoms with Crippen molar-refractivity contribution in [3.63, 3.8) is 0 Å². The summed E-state index contributed by atoms with van der Waals surface area (Å²) in [4.78, 5) is 5.81. The summed E-state index contributed by atoms with van der Waals surface area (Å²) in [5.41, 5.74) is 7.67. The summed E-state index contributed by atoms with van der Waals surface area (Å²) in [6.45, 7) is 1.93. The third-order valence-corrected chi connectivity index (χ3v) is 4.12. The van der Waals surface area contributed by atoms with E-state index in [1.165, 1.54) is 0 Å². The van der Waals surface area contributed by atoms with Gasteiger partial charge in [-0.15, -0.1) is 11.3 Å². The molecule has 0 aliphatic rings. The summed E-state index contributed by atoms with van der Waals surface area (Å²) in [7, 11) is 1.67. The largest absolute Gasteiger partial charge is 0.496 e. The molecular weight excluding hydrogens is 264 g/mol. The normalized spacial score (nSPS) is 10.3. The highest BCUT2D eigenvalue weighted by molar-refractivity contribution is 7.81. The maximum Gasteiger partial charge on any atom is 0.122 e. The number of methoxy groups -OCH3 is 1. The smallest absolute Gasteiger partial charge is 0.122 e. The van der Waals surface area contributed by atoms with Gasteiger partial charge < -0.3 is 10.5 Å². The predicted octanol–water partition coefficient (Wildman–Crippen LogP) is 2.69. The van der Waals surface area contributed by atoms with Crippen molar-refractivity contribution in [2.45, 2.75) is 13.3 Å². The number of nitrogens with zero attached hydrogens (tertiary/aromatic N) is 1. The first-order valence-electron chi connectivity index (χ1n) is 5.50. The van der Waals surface area contributed by atoms with E-state index in [4.69, 9.17) is 22.7 Å². The van der Waals surface area contributed by atoms with Crippen molar-refractivity contribution in [1.29, 1.82) is 0 Å². The van der Waals surface area contributed by atoms with E-state index in [0.29, 0.717) is 4.99 Å². The summed E-state index contributed by atoms with van der Waals surface area (Å²) in [5, 5.41) is 1.000. The Balaban J connectivity index is 2.29. The van der Waals surface area contributed by atoms with E-state index in [0.717, 1.165) is 33.3 Å². The molecule has 3 nitrogen and oxygen atoms in total. The number of thiazole rings is 1. The molecule has 2 N–H and O–H groups in total. The molecule has 0 fully saturated rings. The van der Waals surface area contributed by atoms with Crippen LogP contribution in [-0.2, 0) is 6.42 Å². The molecule has 0 aliphatic carbocycles. The molecule has 0 aliphatic heterocycles. The Labute approximate surface area is 116 Å². The van der Waals surface area contributed by atoms with Gasteiger partial charge in [0.25, 0.3) is 0 Å². The van der Waals surface area contributed by atoms with Crippen molar-refractivity contribution >= 4 is 28.5 Å². The second-order valence-electron chi connectivity index (χ2n) is 3.88. The molecule has 0 bridgehead atoms. The first kappa shape index (κ1) is 13.0. The molecule has 0 saturated heterocycles. The standard InChI is InChI=1S/C13H14N2OS2/c1-8-12(13(14)17)18-11(15-8)7-9-5-3-4-6-10(9)16-2/h3-6H,7H2,1-2H3,(H2,14,17). The Morgan fingerprint density at radius 2 is 2.17 bits per heavy atom. The van der Waals surface area contributed by atoms with Gasteiger partial charge in [-0.1, -0.05) is 30.4 Å². The Kier molecular flexibility index (Phi) is 3.93. The van der Waals surface area contributed by atoms with Crippen LogP contribution in [0.1, 0.15) is 21.1 Å². The van der Waals surface area contributed by atoms with Crippen LogP contribution in [0.25, 0.3) is 0 Å². The van der Waals surface area contributed by atoms with Crippen LogP contribution >= 0.6 is 23.6 Å². The molecule has 1 aromatic carbocycles. The molecule has 1 aromatic heterocycles. The van der Waals surface area contributed by atoms with E-state index >= 15 is 0 Å².